The Bertz CT molecular complexity index is 663. The molecule has 0 amide bonds. The lowest BCUT2D eigenvalue weighted by Crippen LogP contribution is -2.13. The molecular weight excluding hydrogens is 300 g/mol. The lowest BCUT2D eigenvalue weighted by molar-refractivity contribution is 0.0472. The summed E-state index contributed by atoms with van der Waals surface area (Å²) in [5, 5.41) is 9.75. The van der Waals surface area contributed by atoms with E-state index in [4.69, 9.17) is 16.3 Å². The molecular formula is C14H11ClO4S. The number of halogens is 1. The highest BCUT2D eigenvalue weighted by Crippen LogP contribution is 2.23. The zero-order valence-corrected chi connectivity index (χ0v) is 12.1. The predicted molar refractivity (Wildman–Crippen MR) is 76.8 cm³/mol. The van der Waals surface area contributed by atoms with E-state index in [-0.39, 0.29) is 23.7 Å². The number of aromatic hydroxyl groups is 1. The summed E-state index contributed by atoms with van der Waals surface area (Å²) in [6, 6.07) is 7.93. The van der Waals surface area contributed by atoms with E-state index >= 15 is 0 Å². The number of rotatable bonds is 4. The van der Waals surface area contributed by atoms with Crippen molar-refractivity contribution in [2.45, 2.75) is 6.92 Å². The molecule has 20 heavy (non-hydrogen) atoms. The fourth-order valence-electron chi connectivity index (χ4n) is 1.57. The lowest BCUT2D eigenvalue weighted by Gasteiger charge is -2.06. The van der Waals surface area contributed by atoms with E-state index in [2.05, 4.69) is 0 Å². The van der Waals surface area contributed by atoms with Gasteiger partial charge in [0.15, 0.2) is 6.61 Å². The Morgan fingerprint density at radius 1 is 1.30 bits per heavy atom. The molecule has 1 heterocycles. The molecule has 1 aromatic carbocycles. The molecule has 1 aromatic heterocycles. The summed E-state index contributed by atoms with van der Waals surface area (Å²) in [5.41, 5.74) is 0.609. The summed E-state index contributed by atoms with van der Waals surface area (Å²) >= 11 is 6.85. The summed E-state index contributed by atoms with van der Waals surface area (Å²) in [5.74, 6) is -1.20. The first kappa shape index (κ1) is 14.6. The van der Waals surface area contributed by atoms with Crippen LogP contribution in [0.2, 0.25) is 4.34 Å². The van der Waals surface area contributed by atoms with Gasteiger partial charge in [0.2, 0.25) is 5.78 Å². The van der Waals surface area contributed by atoms with Crippen molar-refractivity contribution in [3.63, 3.8) is 0 Å². The number of phenolic OH excluding ortho intramolecular Hbond substituents is 1. The number of thiophene rings is 1. The van der Waals surface area contributed by atoms with Crippen LogP contribution in [0.25, 0.3) is 0 Å². The van der Waals surface area contributed by atoms with Crippen LogP contribution >= 0.6 is 22.9 Å². The molecule has 4 nitrogen and oxygen atoms in total. The van der Waals surface area contributed by atoms with Gasteiger partial charge in [-0.1, -0.05) is 23.7 Å². The van der Waals surface area contributed by atoms with E-state index in [1.807, 2.05) is 0 Å². The van der Waals surface area contributed by atoms with Crippen LogP contribution < -0.4 is 0 Å². The molecule has 0 spiro atoms. The third-order valence-electron chi connectivity index (χ3n) is 2.64. The molecule has 0 aliphatic carbocycles. The number of ether oxygens (including phenoxy) is 1. The smallest absolute Gasteiger partial charge is 0.342 e. The fraction of sp³-hybridized carbons (Fsp3) is 0.143. The quantitative estimate of drug-likeness (QED) is 0.694. The van der Waals surface area contributed by atoms with Gasteiger partial charge in [-0.25, -0.2) is 4.79 Å². The second kappa shape index (κ2) is 6.07. The van der Waals surface area contributed by atoms with Crippen LogP contribution in [0.4, 0.5) is 0 Å². The van der Waals surface area contributed by atoms with Crippen LogP contribution in [0, 0.1) is 6.92 Å². The number of ketones is 1. The number of hydrogen-bond donors (Lipinski definition) is 1. The van der Waals surface area contributed by atoms with Crippen molar-refractivity contribution in [3.05, 3.63) is 50.7 Å². The first-order valence-corrected chi connectivity index (χ1v) is 6.92. The highest BCUT2D eigenvalue weighted by Gasteiger charge is 2.16. The molecule has 0 aliphatic heterocycles. The molecule has 2 aromatic rings. The number of Topliss-reactive ketones (excluding diaryl/α,β-unsaturated/α-hetero) is 1. The number of para-hydroxylation sites is 1. The van der Waals surface area contributed by atoms with Crippen LogP contribution in [0.1, 0.15) is 25.6 Å². The average molecular weight is 311 g/mol. The van der Waals surface area contributed by atoms with Crippen LogP contribution in [-0.2, 0) is 4.74 Å². The van der Waals surface area contributed by atoms with Crippen molar-refractivity contribution in [2.75, 3.05) is 6.61 Å². The Morgan fingerprint density at radius 2 is 2.05 bits per heavy atom. The maximum atomic E-state index is 11.8. The second-order valence-electron chi connectivity index (χ2n) is 4.07. The van der Waals surface area contributed by atoms with E-state index in [0.29, 0.717) is 14.8 Å². The van der Waals surface area contributed by atoms with Gasteiger partial charge < -0.3 is 9.84 Å². The van der Waals surface area contributed by atoms with Crippen LogP contribution in [0.15, 0.2) is 30.3 Å². The molecule has 0 atom stereocenters. The van der Waals surface area contributed by atoms with E-state index in [1.165, 1.54) is 6.07 Å². The van der Waals surface area contributed by atoms with Gasteiger partial charge in [-0.15, -0.1) is 11.3 Å². The van der Waals surface area contributed by atoms with Gasteiger partial charge in [0.05, 0.1) is 9.21 Å². The molecule has 0 aliphatic rings. The third kappa shape index (κ3) is 3.18. The number of carbonyl (C=O) groups excluding carboxylic acids is 2. The first-order valence-electron chi connectivity index (χ1n) is 5.73. The Kier molecular flexibility index (Phi) is 4.42. The third-order valence-corrected chi connectivity index (χ3v) is 3.91. The summed E-state index contributed by atoms with van der Waals surface area (Å²) in [4.78, 5) is 24.0. The Labute approximate surface area is 124 Å². The SMILES string of the molecule is Cc1cccc(C(=O)OCC(=O)c2ccc(Cl)s2)c1O. The van der Waals surface area contributed by atoms with Crippen LogP contribution in [0.3, 0.4) is 0 Å². The van der Waals surface area contributed by atoms with Crippen molar-refractivity contribution < 1.29 is 19.4 Å². The Morgan fingerprint density at radius 3 is 2.70 bits per heavy atom. The maximum Gasteiger partial charge on any atom is 0.342 e. The van der Waals surface area contributed by atoms with Crippen molar-refractivity contribution in [3.8, 4) is 5.75 Å². The number of phenols is 1. The monoisotopic (exact) mass is 310 g/mol. The van der Waals surface area contributed by atoms with Crippen molar-refractivity contribution >= 4 is 34.7 Å². The molecule has 104 valence electrons. The minimum absolute atomic E-state index is 0.0435. The fourth-order valence-corrected chi connectivity index (χ4v) is 2.54. The predicted octanol–water partition coefficient (Wildman–Crippen LogP) is 3.46. The minimum Gasteiger partial charge on any atom is -0.507 e. The first-order chi connectivity index (χ1) is 9.49. The molecule has 0 saturated carbocycles. The molecule has 2 rings (SSSR count). The number of hydrogen-bond acceptors (Lipinski definition) is 5. The van der Waals surface area contributed by atoms with E-state index in [0.717, 1.165) is 11.3 Å². The highest BCUT2D eigenvalue weighted by atomic mass is 35.5. The van der Waals surface area contributed by atoms with Gasteiger partial charge in [-0.3, -0.25) is 4.79 Å². The minimum atomic E-state index is -0.734. The van der Waals surface area contributed by atoms with E-state index in [9.17, 15) is 14.7 Å². The zero-order valence-electron chi connectivity index (χ0n) is 10.6. The van der Waals surface area contributed by atoms with Crippen molar-refractivity contribution in [2.24, 2.45) is 0 Å². The number of carbonyl (C=O) groups is 2. The molecule has 0 saturated heterocycles. The number of aryl methyl sites for hydroxylation is 1. The molecule has 0 unspecified atom stereocenters. The van der Waals surface area contributed by atoms with Gasteiger partial charge in [0, 0.05) is 0 Å². The summed E-state index contributed by atoms with van der Waals surface area (Å²) in [6.45, 7) is 1.29. The Balaban J connectivity index is 2.02. The van der Waals surface area contributed by atoms with Gasteiger partial charge in [-0.05, 0) is 30.7 Å². The Hall–Kier alpha value is -1.85. The second-order valence-corrected chi connectivity index (χ2v) is 5.79. The van der Waals surface area contributed by atoms with Gasteiger partial charge in [0.1, 0.15) is 11.3 Å². The summed E-state index contributed by atoms with van der Waals surface area (Å²) < 4.78 is 5.40. The van der Waals surface area contributed by atoms with Crippen LogP contribution in [0.5, 0.6) is 5.75 Å². The topological polar surface area (TPSA) is 63.6 Å². The number of esters is 1. The van der Waals surface area contributed by atoms with E-state index < -0.39 is 5.97 Å². The average Bonchev–Trinajstić information content (AvgIpc) is 2.85. The standard InChI is InChI=1S/C14H11ClO4S/c1-8-3-2-4-9(13(8)17)14(18)19-7-10(16)11-5-6-12(15)20-11/h2-6,17H,7H2,1H3. The molecule has 0 bridgehead atoms. The van der Waals surface area contributed by atoms with Crippen molar-refractivity contribution in [1.82, 2.24) is 0 Å². The van der Waals surface area contributed by atoms with Gasteiger partial charge in [-0.2, -0.15) is 0 Å². The van der Waals surface area contributed by atoms with Gasteiger partial charge >= 0.3 is 5.97 Å². The van der Waals surface area contributed by atoms with Crippen molar-refractivity contribution in [1.29, 1.82) is 0 Å². The van der Waals surface area contributed by atoms with Crippen LogP contribution in [-0.4, -0.2) is 23.5 Å². The molecule has 1 N–H and O–H groups in total. The largest absolute Gasteiger partial charge is 0.507 e. The maximum absolute atomic E-state index is 11.8. The molecule has 6 heteroatoms. The van der Waals surface area contributed by atoms with E-state index in [1.54, 1.807) is 31.2 Å². The normalized spacial score (nSPS) is 10.3. The summed E-state index contributed by atoms with van der Waals surface area (Å²) in [6.07, 6.45) is 0. The lowest BCUT2D eigenvalue weighted by atomic mass is 10.1. The zero-order chi connectivity index (χ0) is 14.7. The highest BCUT2D eigenvalue weighted by molar-refractivity contribution is 7.18. The summed E-state index contributed by atoms with van der Waals surface area (Å²) in [7, 11) is 0. The number of benzene rings is 1. The van der Waals surface area contributed by atoms with Gasteiger partial charge in [0.25, 0.3) is 0 Å². The molecule has 0 radical (unpaired) electrons. The molecule has 0 fully saturated rings.